The van der Waals surface area contributed by atoms with Crippen molar-refractivity contribution in [2.24, 2.45) is 0 Å². The predicted molar refractivity (Wildman–Crippen MR) is 89.3 cm³/mol. The summed E-state index contributed by atoms with van der Waals surface area (Å²) in [6.45, 7) is 0. The maximum absolute atomic E-state index is 12.3. The molecule has 0 amide bonds. The van der Waals surface area contributed by atoms with Crippen LogP contribution in [-0.4, -0.2) is 23.3 Å². The third kappa shape index (κ3) is 3.43. The summed E-state index contributed by atoms with van der Waals surface area (Å²) < 4.78 is 29.6. The summed E-state index contributed by atoms with van der Waals surface area (Å²) in [5, 5.41) is 10.9. The number of nitrogens with zero attached hydrogens (tertiary/aromatic N) is 2. The number of aromatic amines is 1. The highest BCUT2D eigenvalue weighted by molar-refractivity contribution is 7.87. The predicted octanol–water partition coefficient (Wildman–Crippen LogP) is 2.33. The van der Waals surface area contributed by atoms with Crippen LogP contribution < -0.4 is 9.92 Å². The van der Waals surface area contributed by atoms with Crippen molar-refractivity contribution in [3.05, 3.63) is 65.0 Å². The Bertz CT molecular complexity index is 1010. The van der Waals surface area contributed by atoms with E-state index in [-0.39, 0.29) is 16.3 Å². The molecule has 3 aromatic rings. The number of rotatable bonds is 5. The highest BCUT2D eigenvalue weighted by Crippen LogP contribution is 2.28. The van der Waals surface area contributed by atoms with E-state index in [9.17, 15) is 18.5 Å². The molecule has 1 aromatic heterocycles. The van der Waals surface area contributed by atoms with Gasteiger partial charge in [0.15, 0.2) is 0 Å². The van der Waals surface area contributed by atoms with Crippen LogP contribution in [0.5, 0.6) is 5.75 Å². The molecule has 128 valence electrons. The van der Waals surface area contributed by atoms with Crippen LogP contribution in [0.15, 0.2) is 59.8 Å². The molecule has 0 atom stereocenters. The number of hydrogen-bond donors (Lipinski definition) is 2. The lowest BCUT2D eigenvalue weighted by molar-refractivity contribution is -0.383. The minimum atomic E-state index is -4.15. The van der Waals surface area contributed by atoms with Crippen molar-refractivity contribution in [1.82, 2.24) is 9.97 Å². The van der Waals surface area contributed by atoms with Gasteiger partial charge in [0.05, 0.1) is 11.0 Å². The van der Waals surface area contributed by atoms with Crippen LogP contribution in [0.25, 0.3) is 11.4 Å². The van der Waals surface area contributed by atoms with Crippen LogP contribution in [0, 0.1) is 10.1 Å². The van der Waals surface area contributed by atoms with Gasteiger partial charge >= 0.3 is 10.1 Å². The van der Waals surface area contributed by atoms with E-state index in [4.69, 9.17) is 9.92 Å². The molecule has 0 saturated heterocycles. The molecule has 0 aliphatic rings. The quantitative estimate of drug-likeness (QED) is 0.308. The maximum Gasteiger partial charge on any atom is 0.339 e. The molecule has 0 fully saturated rings. The number of nitro groups is 1. The van der Waals surface area contributed by atoms with Gasteiger partial charge < -0.3 is 14.9 Å². The first kappa shape index (κ1) is 16.5. The van der Waals surface area contributed by atoms with E-state index in [2.05, 4.69) is 9.97 Å². The molecule has 0 unspecified atom stereocenters. The van der Waals surface area contributed by atoms with E-state index in [1.807, 2.05) is 0 Å². The molecule has 10 heteroatoms. The van der Waals surface area contributed by atoms with Gasteiger partial charge in [0.1, 0.15) is 22.2 Å². The molecule has 1 heterocycles. The van der Waals surface area contributed by atoms with Gasteiger partial charge in [0.2, 0.25) is 0 Å². The zero-order chi connectivity index (χ0) is 18.0. The minimum absolute atomic E-state index is 0.0856. The lowest BCUT2D eigenvalue weighted by atomic mass is 10.2. The normalized spacial score (nSPS) is 11.2. The molecule has 3 rings (SSSR count). The molecule has 0 aliphatic heterocycles. The second-order valence-corrected chi connectivity index (χ2v) is 6.52. The number of H-pyrrole nitrogens is 1. The van der Waals surface area contributed by atoms with Crippen molar-refractivity contribution < 1.29 is 17.5 Å². The summed E-state index contributed by atoms with van der Waals surface area (Å²) in [5.74, 6) is 0.398. The number of nitro benzene ring substituents is 1. The molecular weight excluding hydrogens is 348 g/mol. The van der Waals surface area contributed by atoms with Gasteiger partial charge in [-0.3, -0.25) is 10.1 Å². The second-order valence-electron chi connectivity index (χ2n) is 4.98. The van der Waals surface area contributed by atoms with Gasteiger partial charge in [0, 0.05) is 18.0 Å². The Hall–Kier alpha value is -3.40. The Morgan fingerprint density at radius 3 is 2.48 bits per heavy atom. The zero-order valence-corrected chi connectivity index (χ0v) is 13.4. The molecular formula is C15H12N4O5S. The van der Waals surface area contributed by atoms with Crippen molar-refractivity contribution in [3.8, 4) is 17.1 Å². The van der Waals surface area contributed by atoms with Gasteiger partial charge in [-0.15, -0.1) is 0 Å². The SMILES string of the molecule is Nc1ccc(OS(=O)(=O)c2ccc(-c3ncc[nH]3)cc2)cc1[N+](=O)[O-]. The molecule has 0 spiro atoms. The van der Waals surface area contributed by atoms with Crippen molar-refractivity contribution in [3.63, 3.8) is 0 Å². The topological polar surface area (TPSA) is 141 Å². The molecule has 0 bridgehead atoms. The summed E-state index contributed by atoms with van der Waals surface area (Å²) >= 11 is 0. The van der Waals surface area contributed by atoms with Crippen LogP contribution >= 0.6 is 0 Å². The Balaban J connectivity index is 1.87. The minimum Gasteiger partial charge on any atom is -0.393 e. The molecule has 2 aromatic carbocycles. The molecule has 9 nitrogen and oxygen atoms in total. The summed E-state index contributed by atoms with van der Waals surface area (Å²) in [5.41, 5.74) is 5.66. The lowest BCUT2D eigenvalue weighted by Crippen LogP contribution is -2.10. The number of nitrogens with two attached hydrogens (primary N) is 1. The van der Waals surface area contributed by atoms with E-state index in [0.29, 0.717) is 11.4 Å². The monoisotopic (exact) mass is 360 g/mol. The van der Waals surface area contributed by atoms with Crippen LogP contribution in [0.4, 0.5) is 11.4 Å². The number of nitrogen functional groups attached to an aromatic ring is 1. The first-order chi connectivity index (χ1) is 11.9. The number of nitrogens with one attached hydrogen (secondary N) is 1. The highest BCUT2D eigenvalue weighted by atomic mass is 32.2. The average Bonchev–Trinajstić information content (AvgIpc) is 3.11. The van der Waals surface area contributed by atoms with Crippen LogP contribution in [0.1, 0.15) is 0 Å². The molecule has 25 heavy (non-hydrogen) atoms. The van der Waals surface area contributed by atoms with Gasteiger partial charge in [0.25, 0.3) is 5.69 Å². The Kier molecular flexibility index (Phi) is 4.11. The van der Waals surface area contributed by atoms with Gasteiger partial charge in [-0.05, 0) is 36.4 Å². The van der Waals surface area contributed by atoms with Crippen LogP contribution in [0.3, 0.4) is 0 Å². The lowest BCUT2D eigenvalue weighted by Gasteiger charge is -2.08. The standard InChI is InChI=1S/C15H12N4O5S/c16-13-6-3-11(9-14(13)19(20)21)24-25(22,23)12-4-1-10(2-5-12)15-17-7-8-18-15/h1-9H,16H2,(H,17,18). The van der Waals surface area contributed by atoms with E-state index in [1.54, 1.807) is 24.5 Å². The van der Waals surface area contributed by atoms with E-state index in [1.165, 1.54) is 24.3 Å². The van der Waals surface area contributed by atoms with E-state index in [0.717, 1.165) is 6.07 Å². The largest absolute Gasteiger partial charge is 0.393 e. The number of hydrogen-bond acceptors (Lipinski definition) is 7. The number of benzene rings is 2. The van der Waals surface area contributed by atoms with Crippen LogP contribution in [-0.2, 0) is 10.1 Å². The fraction of sp³-hybridized carbons (Fsp3) is 0. The van der Waals surface area contributed by atoms with Crippen molar-refractivity contribution in [1.29, 1.82) is 0 Å². The fourth-order valence-electron chi connectivity index (χ4n) is 2.11. The zero-order valence-electron chi connectivity index (χ0n) is 12.6. The maximum atomic E-state index is 12.3. The Morgan fingerprint density at radius 2 is 1.88 bits per heavy atom. The summed E-state index contributed by atoms with van der Waals surface area (Å²) in [7, 11) is -4.15. The third-order valence-electron chi connectivity index (χ3n) is 3.32. The van der Waals surface area contributed by atoms with Crippen LogP contribution in [0.2, 0.25) is 0 Å². The first-order valence-electron chi connectivity index (χ1n) is 6.95. The molecule has 0 saturated carbocycles. The molecule has 0 radical (unpaired) electrons. The van der Waals surface area contributed by atoms with Gasteiger partial charge in [-0.1, -0.05) is 0 Å². The van der Waals surface area contributed by atoms with Gasteiger partial charge in [-0.25, -0.2) is 4.98 Å². The Morgan fingerprint density at radius 1 is 1.16 bits per heavy atom. The summed E-state index contributed by atoms with van der Waals surface area (Å²) in [4.78, 5) is 17.0. The number of imidazole rings is 1. The van der Waals surface area contributed by atoms with Crippen molar-refractivity contribution in [2.45, 2.75) is 4.90 Å². The molecule has 3 N–H and O–H groups in total. The van der Waals surface area contributed by atoms with E-state index < -0.39 is 20.7 Å². The fourth-order valence-corrected chi connectivity index (χ4v) is 3.03. The van der Waals surface area contributed by atoms with Crippen molar-refractivity contribution in [2.75, 3.05) is 5.73 Å². The van der Waals surface area contributed by atoms with Gasteiger partial charge in [-0.2, -0.15) is 8.42 Å². The highest BCUT2D eigenvalue weighted by Gasteiger charge is 2.20. The van der Waals surface area contributed by atoms with E-state index >= 15 is 0 Å². The number of anilines is 1. The average molecular weight is 360 g/mol. The first-order valence-corrected chi connectivity index (χ1v) is 8.36. The van der Waals surface area contributed by atoms with Crippen molar-refractivity contribution >= 4 is 21.5 Å². The summed E-state index contributed by atoms with van der Waals surface area (Å²) in [6, 6.07) is 9.28. The third-order valence-corrected chi connectivity index (χ3v) is 4.58. The smallest absolute Gasteiger partial charge is 0.339 e. The second kappa shape index (κ2) is 6.24. The Labute approximate surface area is 142 Å². The molecule has 0 aliphatic carbocycles. The number of aromatic nitrogens is 2. The summed E-state index contributed by atoms with van der Waals surface area (Å²) in [6.07, 6.45) is 3.23.